The molecule has 0 fully saturated rings. The van der Waals surface area contributed by atoms with Crippen LogP contribution in [-0.2, 0) is 0 Å². The van der Waals surface area contributed by atoms with Gasteiger partial charge in [-0.15, -0.1) is 0 Å². The molecule has 0 amide bonds. The van der Waals surface area contributed by atoms with Gasteiger partial charge in [-0.2, -0.15) is 0 Å². The minimum atomic E-state index is -1.05. The molecule has 0 radical (unpaired) electrons. The number of ether oxygens (including phenoxy) is 1. The quantitative estimate of drug-likeness (QED) is 0.393. The molecule has 0 aliphatic heterocycles. The fourth-order valence-corrected chi connectivity index (χ4v) is 3.36. The summed E-state index contributed by atoms with van der Waals surface area (Å²) in [5.74, 6) is -3.26. The van der Waals surface area contributed by atoms with E-state index in [9.17, 15) is 13.2 Å². The largest absolute Gasteiger partial charge is 0.491 e. The normalized spacial score (nSPS) is 11.6. The Balaban J connectivity index is 1.84. The Morgan fingerprint density at radius 1 is 0.769 bits per heavy atom. The number of fused-ring (bicyclic) bond motifs is 4. The van der Waals surface area contributed by atoms with Gasteiger partial charge in [0.2, 0.25) is 0 Å². The Morgan fingerprint density at radius 2 is 1.46 bits per heavy atom. The topological polar surface area (TPSA) is 9.23 Å². The molecule has 0 heterocycles. The predicted octanol–water partition coefficient (Wildman–Crippen LogP) is 6.26. The predicted molar refractivity (Wildman–Crippen MR) is 92.0 cm³/mol. The van der Waals surface area contributed by atoms with Gasteiger partial charge in [-0.3, -0.25) is 0 Å². The second-order valence-corrected chi connectivity index (χ2v) is 6.17. The first-order chi connectivity index (χ1) is 12.4. The summed E-state index contributed by atoms with van der Waals surface area (Å²) in [7, 11) is 0. The SMILES string of the molecule is CCOc1ccc(-c2ccc3c(c2F)-c2c-3cc(C)c(F)c2F)cc1F. The van der Waals surface area contributed by atoms with Gasteiger partial charge < -0.3 is 4.74 Å². The molecule has 0 atom stereocenters. The number of hydrogen-bond acceptors (Lipinski definition) is 1. The second kappa shape index (κ2) is 5.87. The molecule has 4 rings (SSSR count). The van der Waals surface area contributed by atoms with Crippen molar-refractivity contribution in [2.75, 3.05) is 6.61 Å². The number of rotatable bonds is 3. The fourth-order valence-electron chi connectivity index (χ4n) is 3.36. The summed E-state index contributed by atoms with van der Waals surface area (Å²) in [6, 6.07) is 8.78. The van der Waals surface area contributed by atoms with Crippen LogP contribution in [0.3, 0.4) is 0 Å². The Morgan fingerprint density at radius 3 is 2.15 bits per heavy atom. The van der Waals surface area contributed by atoms with Gasteiger partial charge in [-0.05, 0) is 54.3 Å². The number of halogens is 4. The molecule has 0 spiro atoms. The first-order valence-electron chi connectivity index (χ1n) is 8.18. The van der Waals surface area contributed by atoms with Crippen LogP contribution in [-0.4, -0.2) is 6.61 Å². The summed E-state index contributed by atoms with van der Waals surface area (Å²) in [5, 5.41) is 0. The standard InChI is InChI=1S/C21H14F4O/c1-3-26-16-7-4-11(9-15(16)22)12-5-6-13-14-8-10(2)19(23)21(25)18(14)17(13)20(12)24/h4-9H,3H2,1-2H3. The number of hydrogen-bond donors (Lipinski definition) is 0. The summed E-state index contributed by atoms with van der Waals surface area (Å²) in [6.45, 7) is 3.51. The molecule has 0 N–H and O–H groups in total. The van der Waals surface area contributed by atoms with Gasteiger partial charge in [0.25, 0.3) is 0 Å². The highest BCUT2D eigenvalue weighted by molar-refractivity contribution is 6.04. The molecule has 3 aromatic rings. The van der Waals surface area contributed by atoms with Crippen molar-refractivity contribution in [3.8, 4) is 39.1 Å². The van der Waals surface area contributed by atoms with Crippen LogP contribution in [0.4, 0.5) is 17.6 Å². The molecular formula is C21H14F4O. The second-order valence-electron chi connectivity index (χ2n) is 6.17. The summed E-state index contributed by atoms with van der Waals surface area (Å²) >= 11 is 0. The molecule has 0 aromatic heterocycles. The van der Waals surface area contributed by atoms with Gasteiger partial charge in [0.05, 0.1) is 6.61 Å². The third-order valence-corrected chi connectivity index (χ3v) is 4.61. The van der Waals surface area contributed by atoms with Crippen molar-refractivity contribution in [1.82, 2.24) is 0 Å². The van der Waals surface area contributed by atoms with Gasteiger partial charge in [-0.1, -0.05) is 18.2 Å². The molecule has 0 saturated carbocycles. The first-order valence-corrected chi connectivity index (χ1v) is 8.18. The van der Waals surface area contributed by atoms with E-state index in [0.29, 0.717) is 23.3 Å². The molecular weight excluding hydrogens is 344 g/mol. The summed E-state index contributed by atoms with van der Waals surface area (Å²) in [5.41, 5.74) is 1.57. The van der Waals surface area contributed by atoms with Crippen molar-refractivity contribution < 1.29 is 22.3 Å². The lowest BCUT2D eigenvalue weighted by molar-refractivity contribution is 0.321. The Labute approximate surface area is 147 Å². The van der Waals surface area contributed by atoms with Gasteiger partial charge in [0, 0.05) is 16.7 Å². The van der Waals surface area contributed by atoms with E-state index in [4.69, 9.17) is 4.74 Å². The molecule has 132 valence electrons. The monoisotopic (exact) mass is 358 g/mol. The minimum Gasteiger partial charge on any atom is -0.491 e. The van der Waals surface area contributed by atoms with E-state index in [1.54, 1.807) is 13.0 Å². The first kappa shape index (κ1) is 16.6. The Bertz CT molecular complexity index is 1060. The third kappa shape index (κ3) is 2.23. The molecule has 0 unspecified atom stereocenters. The number of benzene rings is 3. The van der Waals surface area contributed by atoms with E-state index in [1.807, 2.05) is 0 Å². The fraction of sp³-hybridized carbons (Fsp3) is 0.143. The van der Waals surface area contributed by atoms with Crippen LogP contribution in [0.15, 0.2) is 36.4 Å². The Hall–Kier alpha value is -2.82. The van der Waals surface area contributed by atoms with Crippen molar-refractivity contribution in [2.24, 2.45) is 0 Å². The smallest absolute Gasteiger partial charge is 0.167 e. The summed E-state index contributed by atoms with van der Waals surface area (Å²) in [6.07, 6.45) is 0. The molecule has 0 saturated heterocycles. The lowest BCUT2D eigenvalue weighted by atomic mass is 9.77. The van der Waals surface area contributed by atoms with Crippen molar-refractivity contribution in [1.29, 1.82) is 0 Å². The van der Waals surface area contributed by atoms with Crippen LogP contribution in [0.2, 0.25) is 0 Å². The molecule has 26 heavy (non-hydrogen) atoms. The van der Waals surface area contributed by atoms with Crippen LogP contribution < -0.4 is 4.74 Å². The van der Waals surface area contributed by atoms with E-state index in [0.717, 1.165) is 0 Å². The molecule has 5 heteroatoms. The van der Waals surface area contributed by atoms with Gasteiger partial charge >= 0.3 is 0 Å². The van der Waals surface area contributed by atoms with E-state index >= 15 is 4.39 Å². The van der Waals surface area contributed by atoms with Crippen molar-refractivity contribution in [3.05, 3.63) is 65.2 Å². The highest BCUT2D eigenvalue weighted by Gasteiger charge is 2.33. The third-order valence-electron chi connectivity index (χ3n) is 4.61. The van der Waals surface area contributed by atoms with E-state index in [-0.39, 0.29) is 28.0 Å². The van der Waals surface area contributed by atoms with Crippen LogP contribution in [0.25, 0.3) is 33.4 Å². The van der Waals surface area contributed by atoms with Crippen LogP contribution >= 0.6 is 0 Å². The average Bonchev–Trinajstić information content (AvgIpc) is 2.60. The zero-order chi connectivity index (χ0) is 18.6. The van der Waals surface area contributed by atoms with Gasteiger partial charge in [-0.25, -0.2) is 17.6 Å². The lowest BCUT2D eigenvalue weighted by Gasteiger charge is -2.27. The molecule has 1 aliphatic rings. The van der Waals surface area contributed by atoms with Crippen molar-refractivity contribution in [2.45, 2.75) is 13.8 Å². The Kier molecular flexibility index (Phi) is 3.75. The minimum absolute atomic E-state index is 0.0307. The molecule has 1 aliphatic carbocycles. The van der Waals surface area contributed by atoms with E-state index < -0.39 is 23.3 Å². The molecule has 3 aromatic carbocycles. The summed E-state index contributed by atoms with van der Waals surface area (Å²) in [4.78, 5) is 0. The highest BCUT2D eigenvalue weighted by Crippen LogP contribution is 2.52. The zero-order valence-electron chi connectivity index (χ0n) is 14.1. The summed E-state index contributed by atoms with van der Waals surface area (Å²) < 4.78 is 62.4. The molecule has 1 nitrogen and oxygen atoms in total. The lowest BCUT2D eigenvalue weighted by Crippen LogP contribution is -2.08. The van der Waals surface area contributed by atoms with Crippen molar-refractivity contribution in [3.63, 3.8) is 0 Å². The maximum absolute atomic E-state index is 15.0. The van der Waals surface area contributed by atoms with E-state index in [1.165, 1.54) is 37.3 Å². The number of aryl methyl sites for hydroxylation is 1. The van der Waals surface area contributed by atoms with Gasteiger partial charge in [0.15, 0.2) is 23.2 Å². The van der Waals surface area contributed by atoms with Gasteiger partial charge in [0.1, 0.15) is 5.82 Å². The maximum atomic E-state index is 15.0. The van der Waals surface area contributed by atoms with Crippen molar-refractivity contribution >= 4 is 0 Å². The van der Waals surface area contributed by atoms with Crippen LogP contribution in [0.1, 0.15) is 12.5 Å². The maximum Gasteiger partial charge on any atom is 0.167 e. The molecule has 0 bridgehead atoms. The zero-order valence-corrected chi connectivity index (χ0v) is 14.1. The van der Waals surface area contributed by atoms with Crippen LogP contribution in [0, 0.1) is 30.2 Å². The van der Waals surface area contributed by atoms with Crippen LogP contribution in [0.5, 0.6) is 5.75 Å². The average molecular weight is 358 g/mol. The highest BCUT2D eigenvalue weighted by atomic mass is 19.2. The van der Waals surface area contributed by atoms with E-state index in [2.05, 4.69) is 0 Å².